The number of pyridine rings is 1. The molecule has 1 N–H and O–H groups in total. The summed E-state index contributed by atoms with van der Waals surface area (Å²) in [6.45, 7) is 1.61. The number of hydrazine groups is 1. The molecule has 2 saturated heterocycles. The maximum Gasteiger partial charge on any atom is 0.418 e. The zero-order valence-electron chi connectivity index (χ0n) is 27.2. The summed E-state index contributed by atoms with van der Waals surface area (Å²) in [5.41, 5.74) is 4.44. The van der Waals surface area contributed by atoms with Crippen molar-refractivity contribution in [2.45, 2.75) is 94.4 Å². The minimum Gasteiger partial charge on any atom is -0.453 e. The Balaban J connectivity index is 1.21. The van der Waals surface area contributed by atoms with Crippen LogP contribution in [-0.4, -0.2) is 76.0 Å². The molecule has 7 rings (SSSR count). The van der Waals surface area contributed by atoms with Crippen molar-refractivity contribution in [3.05, 3.63) is 69.9 Å². The maximum atomic E-state index is 14.5. The van der Waals surface area contributed by atoms with Crippen molar-refractivity contribution >= 4 is 11.6 Å². The third-order valence-corrected chi connectivity index (χ3v) is 11.2. The molecule has 1 aromatic carbocycles. The van der Waals surface area contributed by atoms with E-state index >= 15 is 0 Å². The number of hydrogen-bond donors (Lipinski definition) is 1. The zero-order valence-corrected chi connectivity index (χ0v) is 27.2. The number of alkyl halides is 3. The predicted molar refractivity (Wildman–Crippen MR) is 172 cm³/mol. The van der Waals surface area contributed by atoms with Gasteiger partial charge in [0.15, 0.2) is 0 Å². The highest BCUT2D eigenvalue weighted by Crippen LogP contribution is 2.44. The number of methoxy groups -OCH3 is 1. The van der Waals surface area contributed by atoms with Crippen molar-refractivity contribution in [1.82, 2.24) is 29.2 Å². The number of imidazole rings is 1. The number of fused-ring (bicyclic) bond motifs is 1. The number of likely N-dealkylation sites (tertiary alicyclic amines) is 1. The summed E-state index contributed by atoms with van der Waals surface area (Å²) in [6, 6.07) is 9.54. The Morgan fingerprint density at radius 1 is 0.979 bits per heavy atom. The van der Waals surface area contributed by atoms with Crippen molar-refractivity contribution in [1.29, 1.82) is 0 Å². The summed E-state index contributed by atoms with van der Waals surface area (Å²) in [5.74, 6) is 0.460. The Morgan fingerprint density at radius 3 is 2.38 bits per heavy atom. The van der Waals surface area contributed by atoms with Gasteiger partial charge >= 0.3 is 18.0 Å². The second-order valence-electron chi connectivity index (χ2n) is 14.0. The van der Waals surface area contributed by atoms with E-state index < -0.39 is 23.5 Å². The first-order valence-corrected chi connectivity index (χ1v) is 17.1. The van der Waals surface area contributed by atoms with Gasteiger partial charge in [-0.2, -0.15) is 13.2 Å². The fourth-order valence-corrected chi connectivity index (χ4v) is 8.37. The molecule has 2 aliphatic carbocycles. The minimum absolute atomic E-state index is 0.104. The van der Waals surface area contributed by atoms with E-state index in [-0.39, 0.29) is 23.5 Å². The summed E-state index contributed by atoms with van der Waals surface area (Å²) in [7, 11) is 3.48. The molecule has 1 amide bonds. The fourth-order valence-electron chi connectivity index (χ4n) is 8.37. The lowest BCUT2D eigenvalue weighted by molar-refractivity contribution is -0.136. The highest BCUT2D eigenvalue weighted by Gasteiger charge is 2.42. The van der Waals surface area contributed by atoms with Crippen molar-refractivity contribution in [3.8, 4) is 5.69 Å². The number of carbonyl (C=O) groups excluding carboxylic acids is 1. The number of ether oxygens (including phenoxy) is 1. The smallest absolute Gasteiger partial charge is 0.418 e. The fraction of sp³-hybridized carbons (Fsp3) is 0.600. The molecule has 4 aliphatic rings. The maximum absolute atomic E-state index is 14.5. The summed E-state index contributed by atoms with van der Waals surface area (Å²) in [4.78, 5) is 29.8. The van der Waals surface area contributed by atoms with Gasteiger partial charge in [-0.25, -0.2) is 20.0 Å². The third kappa shape index (κ3) is 6.20. The number of rotatable bonds is 6. The van der Waals surface area contributed by atoms with Crippen LogP contribution in [-0.2, 0) is 10.9 Å². The molecular formula is C35H45F3N6O3. The minimum atomic E-state index is -4.65. The van der Waals surface area contributed by atoms with Gasteiger partial charge in [-0.05, 0) is 86.7 Å². The highest BCUT2D eigenvalue weighted by atomic mass is 19.4. The molecule has 0 radical (unpaired) electrons. The molecule has 9 nitrogen and oxygen atoms in total. The molecule has 0 bridgehead atoms. The Bertz CT molecular complexity index is 1650. The van der Waals surface area contributed by atoms with Gasteiger partial charge in [-0.3, -0.25) is 13.9 Å². The number of nitrogens with zero attached hydrogens (tertiary/aromatic N) is 5. The molecule has 2 atom stereocenters. The lowest BCUT2D eigenvalue weighted by atomic mass is 9.71. The van der Waals surface area contributed by atoms with E-state index in [9.17, 15) is 22.8 Å². The monoisotopic (exact) mass is 654 g/mol. The van der Waals surface area contributed by atoms with Gasteiger partial charge < -0.3 is 9.64 Å². The predicted octanol–water partition coefficient (Wildman–Crippen LogP) is 6.31. The molecular weight excluding hydrogens is 609 g/mol. The lowest BCUT2D eigenvalue weighted by Crippen LogP contribution is -2.48. The van der Waals surface area contributed by atoms with Crippen LogP contribution in [0.2, 0.25) is 0 Å². The van der Waals surface area contributed by atoms with E-state index in [4.69, 9.17) is 4.74 Å². The van der Waals surface area contributed by atoms with Gasteiger partial charge in [0.2, 0.25) is 0 Å². The quantitative estimate of drug-likeness (QED) is 0.336. The molecule has 2 saturated carbocycles. The van der Waals surface area contributed by atoms with Crippen molar-refractivity contribution < 1.29 is 22.7 Å². The summed E-state index contributed by atoms with van der Waals surface area (Å²) in [5, 5.41) is 2.42. The van der Waals surface area contributed by atoms with Crippen molar-refractivity contribution in [3.63, 3.8) is 0 Å². The Labute approximate surface area is 273 Å². The van der Waals surface area contributed by atoms with Crippen molar-refractivity contribution in [2.75, 3.05) is 33.9 Å². The molecule has 4 fully saturated rings. The number of hydrogen-bond acceptors (Lipinski definition) is 6. The van der Waals surface area contributed by atoms with Crippen LogP contribution in [0.4, 0.5) is 18.0 Å². The van der Waals surface area contributed by atoms with Crippen LogP contribution in [0, 0.1) is 5.92 Å². The third-order valence-electron chi connectivity index (χ3n) is 11.2. The van der Waals surface area contributed by atoms with Gasteiger partial charge in [0, 0.05) is 37.4 Å². The number of nitrogens with one attached hydrogen (secondary N) is 1. The number of piperidine rings is 1. The first-order chi connectivity index (χ1) is 22.6. The van der Waals surface area contributed by atoms with Gasteiger partial charge in [-0.15, -0.1) is 0 Å². The van der Waals surface area contributed by atoms with Gasteiger partial charge in [0.05, 0.1) is 36.7 Å². The zero-order chi connectivity index (χ0) is 32.9. The molecule has 2 aliphatic heterocycles. The van der Waals surface area contributed by atoms with Crippen LogP contribution < -0.4 is 11.1 Å². The first-order valence-electron chi connectivity index (χ1n) is 17.1. The first kappa shape index (κ1) is 32.2. The second kappa shape index (κ2) is 12.9. The number of amides is 1. The van der Waals surface area contributed by atoms with Crippen LogP contribution in [0.5, 0.6) is 0 Å². The van der Waals surface area contributed by atoms with E-state index in [1.165, 1.54) is 62.5 Å². The Kier molecular flexibility index (Phi) is 8.86. The van der Waals surface area contributed by atoms with Crippen LogP contribution >= 0.6 is 0 Å². The molecule has 3 aromatic rings. The SMILES string of the molecule is COC(=O)N1CCC(c2cc(C(F)(F)F)c3cn(-c4cccc([C@@H](C5CCC5)C5NN(C6CCCCC6)CN5C)c4)c(=O)n3c2)CC1. The van der Waals surface area contributed by atoms with Crippen LogP contribution in [0.25, 0.3) is 11.2 Å². The number of halogens is 3. The van der Waals surface area contributed by atoms with E-state index in [0.29, 0.717) is 49.1 Å². The molecule has 2 aromatic heterocycles. The Morgan fingerprint density at radius 2 is 1.72 bits per heavy atom. The number of carbonyl (C=O) groups is 1. The number of aromatic nitrogens is 2. The average molecular weight is 655 g/mol. The molecule has 254 valence electrons. The van der Waals surface area contributed by atoms with E-state index in [0.717, 1.165) is 29.5 Å². The van der Waals surface area contributed by atoms with Gasteiger partial charge in [0.25, 0.3) is 0 Å². The van der Waals surface area contributed by atoms with E-state index in [2.05, 4.69) is 28.4 Å². The molecule has 1 unspecified atom stereocenters. The van der Waals surface area contributed by atoms with Crippen LogP contribution in [0.15, 0.2) is 47.5 Å². The Hall–Kier alpha value is -3.35. The normalized spacial score (nSPS) is 23.3. The second-order valence-corrected chi connectivity index (χ2v) is 14.0. The van der Waals surface area contributed by atoms with Gasteiger partial charge in [0.1, 0.15) is 0 Å². The molecule has 47 heavy (non-hydrogen) atoms. The number of benzene rings is 1. The summed E-state index contributed by atoms with van der Waals surface area (Å²) in [6.07, 6.45) is 8.57. The topological polar surface area (TPSA) is 74.5 Å². The molecule has 0 spiro atoms. The molecule has 4 heterocycles. The largest absolute Gasteiger partial charge is 0.453 e. The summed E-state index contributed by atoms with van der Waals surface area (Å²) >= 11 is 0. The highest BCUT2D eigenvalue weighted by molar-refractivity contribution is 5.67. The van der Waals surface area contributed by atoms with Gasteiger partial charge in [-0.1, -0.05) is 37.8 Å². The summed E-state index contributed by atoms with van der Waals surface area (Å²) < 4.78 is 50.8. The van der Waals surface area contributed by atoms with E-state index in [1.54, 1.807) is 17.2 Å². The van der Waals surface area contributed by atoms with Crippen LogP contribution in [0.3, 0.4) is 0 Å². The standard InChI is InChI=1S/C35H45F3N6O3/c1-40-22-44(27-11-4-3-5-12-27)39-32(40)31(24-8-6-9-24)25-10-7-13-28(18-25)42-21-30-29(35(36,37)38)19-26(20-43(30)33(42)45)23-14-16-41(17-15-23)34(46)47-2/h7,10,13,18-21,23-24,27,31-32,39H,3-6,8-9,11-12,14-17,22H2,1-2H3/t31-,32?/m1/s1. The van der Waals surface area contributed by atoms with Crippen molar-refractivity contribution in [2.24, 2.45) is 5.92 Å². The average Bonchev–Trinajstić information content (AvgIpc) is 3.61. The number of likely N-dealkylation sites (N-methyl/N-ethyl adjacent to an activating group) is 1. The van der Waals surface area contributed by atoms with Crippen LogP contribution in [0.1, 0.15) is 92.7 Å². The molecule has 12 heteroatoms. The van der Waals surface area contributed by atoms with E-state index in [1.807, 2.05) is 12.1 Å². The lowest BCUT2D eigenvalue weighted by Gasteiger charge is -2.40.